The van der Waals surface area contributed by atoms with Gasteiger partial charge in [0, 0.05) is 24.9 Å². The fourth-order valence-electron chi connectivity index (χ4n) is 2.73. The van der Waals surface area contributed by atoms with Gasteiger partial charge in [-0.3, -0.25) is 10.1 Å². The first-order chi connectivity index (χ1) is 11.5. The van der Waals surface area contributed by atoms with Gasteiger partial charge in [0.25, 0.3) is 0 Å². The van der Waals surface area contributed by atoms with Crippen LogP contribution in [0.4, 0.5) is 9.93 Å². The molecule has 1 aliphatic heterocycles. The molecule has 24 heavy (non-hydrogen) atoms. The highest BCUT2D eigenvalue weighted by Gasteiger charge is 2.42. The summed E-state index contributed by atoms with van der Waals surface area (Å²) in [6, 6.07) is 9.72. The predicted molar refractivity (Wildman–Crippen MR) is 92.3 cm³/mol. The molecule has 1 atom stereocenters. The number of benzene rings is 1. The SMILES string of the molecule is CC1(C(=O)O)CCN(C(=O)Nc2nc(Cc3ccccc3)cs2)C1. The molecule has 0 saturated carbocycles. The van der Waals surface area contributed by atoms with E-state index in [1.807, 2.05) is 35.7 Å². The number of rotatable bonds is 4. The summed E-state index contributed by atoms with van der Waals surface area (Å²) in [7, 11) is 0. The van der Waals surface area contributed by atoms with Crippen molar-refractivity contribution in [2.45, 2.75) is 19.8 Å². The molecule has 6 nitrogen and oxygen atoms in total. The minimum Gasteiger partial charge on any atom is -0.481 e. The number of thiazole rings is 1. The molecule has 126 valence electrons. The van der Waals surface area contributed by atoms with Crippen LogP contribution in [0.5, 0.6) is 0 Å². The molecule has 1 saturated heterocycles. The van der Waals surface area contributed by atoms with Crippen LogP contribution >= 0.6 is 11.3 Å². The minimum absolute atomic E-state index is 0.219. The Morgan fingerprint density at radius 3 is 2.79 bits per heavy atom. The molecule has 0 spiro atoms. The van der Waals surface area contributed by atoms with E-state index in [1.165, 1.54) is 16.2 Å². The van der Waals surface area contributed by atoms with E-state index in [9.17, 15) is 14.7 Å². The van der Waals surface area contributed by atoms with Gasteiger partial charge >= 0.3 is 12.0 Å². The van der Waals surface area contributed by atoms with Crippen molar-refractivity contribution in [1.29, 1.82) is 0 Å². The Hall–Kier alpha value is -2.41. The molecule has 0 aliphatic carbocycles. The number of urea groups is 1. The number of nitrogens with one attached hydrogen (secondary N) is 1. The third-order valence-electron chi connectivity index (χ3n) is 4.27. The first-order valence-corrected chi connectivity index (χ1v) is 8.62. The highest BCUT2D eigenvalue weighted by Crippen LogP contribution is 2.30. The normalized spacial score (nSPS) is 20.1. The number of hydrogen-bond donors (Lipinski definition) is 2. The summed E-state index contributed by atoms with van der Waals surface area (Å²) in [6.45, 7) is 2.33. The highest BCUT2D eigenvalue weighted by molar-refractivity contribution is 7.13. The van der Waals surface area contributed by atoms with Crippen LogP contribution in [-0.4, -0.2) is 40.1 Å². The van der Waals surface area contributed by atoms with Crippen molar-refractivity contribution in [3.63, 3.8) is 0 Å². The number of amides is 2. The van der Waals surface area contributed by atoms with Crippen LogP contribution in [-0.2, 0) is 11.2 Å². The van der Waals surface area contributed by atoms with Crippen molar-refractivity contribution in [1.82, 2.24) is 9.88 Å². The second kappa shape index (κ2) is 6.60. The molecule has 2 amide bonds. The summed E-state index contributed by atoms with van der Waals surface area (Å²) in [4.78, 5) is 29.5. The third kappa shape index (κ3) is 3.56. The Labute approximate surface area is 144 Å². The lowest BCUT2D eigenvalue weighted by Gasteiger charge is -2.19. The van der Waals surface area contributed by atoms with Gasteiger partial charge < -0.3 is 10.0 Å². The maximum Gasteiger partial charge on any atom is 0.323 e. The molecule has 2 heterocycles. The number of anilines is 1. The van der Waals surface area contributed by atoms with E-state index < -0.39 is 11.4 Å². The first-order valence-electron chi connectivity index (χ1n) is 7.74. The summed E-state index contributed by atoms with van der Waals surface area (Å²) in [6.07, 6.45) is 1.18. The van der Waals surface area contributed by atoms with Gasteiger partial charge in [0.2, 0.25) is 0 Å². The number of carbonyl (C=O) groups is 2. The molecule has 1 aromatic carbocycles. The average Bonchev–Trinajstić information content (AvgIpc) is 3.16. The number of hydrogen-bond acceptors (Lipinski definition) is 4. The van der Waals surface area contributed by atoms with Gasteiger partial charge in [0.1, 0.15) is 0 Å². The van der Waals surface area contributed by atoms with E-state index in [-0.39, 0.29) is 12.6 Å². The minimum atomic E-state index is -0.864. The summed E-state index contributed by atoms with van der Waals surface area (Å²) in [5.74, 6) is -0.864. The highest BCUT2D eigenvalue weighted by atomic mass is 32.1. The fraction of sp³-hybridized carbons (Fsp3) is 0.353. The second-order valence-corrected chi connectivity index (χ2v) is 7.13. The van der Waals surface area contributed by atoms with E-state index >= 15 is 0 Å². The monoisotopic (exact) mass is 345 g/mol. The van der Waals surface area contributed by atoms with Gasteiger partial charge in [-0.1, -0.05) is 30.3 Å². The van der Waals surface area contributed by atoms with Crippen molar-refractivity contribution < 1.29 is 14.7 Å². The third-order valence-corrected chi connectivity index (χ3v) is 5.08. The summed E-state index contributed by atoms with van der Waals surface area (Å²) < 4.78 is 0. The summed E-state index contributed by atoms with van der Waals surface area (Å²) >= 11 is 1.38. The number of carboxylic acids is 1. The zero-order valence-electron chi connectivity index (χ0n) is 13.4. The molecule has 1 aliphatic rings. The zero-order chi connectivity index (χ0) is 17.2. The molecule has 1 aromatic heterocycles. The Kier molecular flexibility index (Phi) is 4.53. The van der Waals surface area contributed by atoms with Crippen LogP contribution in [0, 0.1) is 5.41 Å². The Morgan fingerprint density at radius 2 is 2.12 bits per heavy atom. The smallest absolute Gasteiger partial charge is 0.323 e. The maximum atomic E-state index is 12.3. The average molecular weight is 345 g/mol. The van der Waals surface area contributed by atoms with Crippen molar-refractivity contribution in [2.75, 3.05) is 18.4 Å². The van der Waals surface area contributed by atoms with Crippen molar-refractivity contribution in [3.8, 4) is 0 Å². The predicted octanol–water partition coefficient (Wildman–Crippen LogP) is 3.06. The maximum absolute atomic E-state index is 12.3. The summed E-state index contributed by atoms with van der Waals surface area (Å²) in [5, 5.41) is 14.5. The largest absolute Gasteiger partial charge is 0.481 e. The van der Waals surface area contributed by atoms with Crippen LogP contribution < -0.4 is 5.32 Å². The molecular weight excluding hydrogens is 326 g/mol. The van der Waals surface area contributed by atoms with Gasteiger partial charge in [-0.25, -0.2) is 9.78 Å². The Bertz CT molecular complexity index is 747. The standard InChI is InChI=1S/C17H19N3O3S/c1-17(14(21)22)7-8-20(11-17)16(23)19-15-18-13(10-24-15)9-12-5-3-2-4-6-12/h2-6,10H,7-9,11H2,1H3,(H,21,22)(H,18,19,23). The fourth-order valence-corrected chi connectivity index (χ4v) is 3.43. The van der Waals surface area contributed by atoms with E-state index in [2.05, 4.69) is 10.3 Å². The molecule has 1 unspecified atom stereocenters. The topological polar surface area (TPSA) is 82.5 Å². The molecular formula is C17H19N3O3S. The van der Waals surface area contributed by atoms with E-state index in [0.29, 0.717) is 24.5 Å². The second-order valence-electron chi connectivity index (χ2n) is 6.27. The number of likely N-dealkylation sites (tertiary alicyclic amines) is 1. The lowest BCUT2D eigenvalue weighted by molar-refractivity contribution is -0.146. The zero-order valence-corrected chi connectivity index (χ0v) is 14.2. The van der Waals surface area contributed by atoms with Crippen molar-refractivity contribution >= 4 is 28.5 Å². The number of aromatic nitrogens is 1. The molecule has 2 aromatic rings. The van der Waals surface area contributed by atoms with Crippen LogP contribution in [0.2, 0.25) is 0 Å². The van der Waals surface area contributed by atoms with Gasteiger partial charge in [-0.15, -0.1) is 11.3 Å². The van der Waals surface area contributed by atoms with Gasteiger partial charge in [0.05, 0.1) is 11.1 Å². The quantitative estimate of drug-likeness (QED) is 0.892. The first kappa shape index (κ1) is 16.4. The number of carbonyl (C=O) groups excluding carboxylic acids is 1. The van der Waals surface area contributed by atoms with E-state index in [1.54, 1.807) is 6.92 Å². The van der Waals surface area contributed by atoms with E-state index in [4.69, 9.17) is 0 Å². The van der Waals surface area contributed by atoms with Gasteiger partial charge in [-0.2, -0.15) is 0 Å². The molecule has 3 rings (SSSR count). The molecule has 7 heteroatoms. The number of aliphatic carboxylic acids is 1. The van der Waals surface area contributed by atoms with Gasteiger partial charge in [-0.05, 0) is 18.9 Å². The van der Waals surface area contributed by atoms with E-state index in [0.717, 1.165) is 11.3 Å². The summed E-state index contributed by atoms with van der Waals surface area (Å²) in [5.41, 5.74) is 1.20. The molecule has 0 bridgehead atoms. The molecule has 2 N–H and O–H groups in total. The van der Waals surface area contributed by atoms with Crippen molar-refractivity contribution in [2.24, 2.45) is 5.41 Å². The van der Waals surface area contributed by atoms with Crippen LogP contribution in [0.1, 0.15) is 24.6 Å². The molecule has 0 radical (unpaired) electrons. The van der Waals surface area contributed by atoms with Crippen LogP contribution in [0.25, 0.3) is 0 Å². The van der Waals surface area contributed by atoms with Gasteiger partial charge in [0.15, 0.2) is 5.13 Å². The Morgan fingerprint density at radius 1 is 1.38 bits per heavy atom. The lowest BCUT2D eigenvalue weighted by atomic mass is 9.90. The number of carboxylic acid groups (broad SMARTS) is 1. The van der Waals surface area contributed by atoms with Crippen LogP contribution in [0.3, 0.4) is 0 Å². The lowest BCUT2D eigenvalue weighted by Crippen LogP contribution is -2.37. The number of nitrogens with zero attached hydrogens (tertiary/aromatic N) is 2. The van der Waals surface area contributed by atoms with Crippen LogP contribution in [0.15, 0.2) is 35.7 Å². The molecule has 1 fully saturated rings. The Balaban J connectivity index is 1.59. The van der Waals surface area contributed by atoms with Crippen molar-refractivity contribution in [3.05, 3.63) is 47.0 Å².